The Hall–Kier alpha value is -1.62. The molecule has 13 heavy (non-hydrogen) atoms. The van der Waals surface area contributed by atoms with Crippen molar-refractivity contribution in [3.8, 4) is 5.69 Å². The van der Waals surface area contributed by atoms with Gasteiger partial charge in [0.2, 0.25) is 0 Å². The highest BCUT2D eigenvalue weighted by Crippen LogP contribution is 2.04. The van der Waals surface area contributed by atoms with E-state index in [-0.39, 0.29) is 0 Å². The molecule has 0 bridgehead atoms. The van der Waals surface area contributed by atoms with Gasteiger partial charge in [-0.1, -0.05) is 0 Å². The van der Waals surface area contributed by atoms with Crippen LogP contribution in [0, 0.1) is 0 Å². The van der Waals surface area contributed by atoms with Crippen molar-refractivity contribution < 1.29 is 0 Å². The van der Waals surface area contributed by atoms with Crippen LogP contribution in [0.15, 0.2) is 24.7 Å². The monoisotopic (exact) mass is 177 g/mol. The van der Waals surface area contributed by atoms with Crippen molar-refractivity contribution in [2.24, 2.45) is 12.8 Å². The molecule has 0 atom stereocenters. The first-order valence-corrected chi connectivity index (χ1v) is 4.03. The Morgan fingerprint density at radius 2 is 2.38 bits per heavy atom. The van der Waals surface area contributed by atoms with Gasteiger partial charge in [-0.05, 0) is 6.07 Å². The van der Waals surface area contributed by atoms with Gasteiger partial charge in [0.25, 0.3) is 0 Å². The third-order valence-corrected chi connectivity index (χ3v) is 1.81. The summed E-state index contributed by atoms with van der Waals surface area (Å²) in [6.07, 6.45) is 5.53. The zero-order chi connectivity index (χ0) is 9.26. The summed E-state index contributed by atoms with van der Waals surface area (Å²) in [5.41, 5.74) is 7.27. The molecule has 0 saturated carbocycles. The first-order valence-electron chi connectivity index (χ1n) is 4.03. The molecule has 5 heteroatoms. The van der Waals surface area contributed by atoms with E-state index in [2.05, 4.69) is 10.2 Å². The summed E-state index contributed by atoms with van der Waals surface area (Å²) < 4.78 is 3.49. The van der Waals surface area contributed by atoms with Gasteiger partial charge in [0.1, 0.15) is 5.69 Å². The van der Waals surface area contributed by atoms with Crippen molar-refractivity contribution in [1.29, 1.82) is 0 Å². The molecule has 5 nitrogen and oxygen atoms in total. The van der Waals surface area contributed by atoms with E-state index >= 15 is 0 Å². The molecular formula is C8H11N5. The fourth-order valence-electron chi connectivity index (χ4n) is 1.14. The second kappa shape index (κ2) is 3.02. The molecule has 68 valence electrons. The standard InChI is InChI=1S/C8H11N5/c1-12-6-8(5-10-12)13-3-2-7(4-9)11-13/h2-3,5-6H,4,9H2,1H3. The van der Waals surface area contributed by atoms with Crippen LogP contribution in [0.25, 0.3) is 5.69 Å². The second-order valence-corrected chi connectivity index (χ2v) is 2.83. The topological polar surface area (TPSA) is 61.7 Å². The molecule has 0 spiro atoms. The summed E-state index contributed by atoms with van der Waals surface area (Å²) in [5.74, 6) is 0. The van der Waals surface area contributed by atoms with Crippen LogP contribution in [0.2, 0.25) is 0 Å². The maximum Gasteiger partial charge on any atom is 0.102 e. The third kappa shape index (κ3) is 1.46. The summed E-state index contributed by atoms with van der Waals surface area (Å²) in [6.45, 7) is 0.466. The Morgan fingerprint density at radius 1 is 1.54 bits per heavy atom. The van der Waals surface area contributed by atoms with E-state index in [4.69, 9.17) is 5.73 Å². The van der Waals surface area contributed by atoms with E-state index in [1.54, 1.807) is 15.6 Å². The molecule has 0 saturated heterocycles. The fourth-order valence-corrected chi connectivity index (χ4v) is 1.14. The molecule has 0 aromatic carbocycles. The number of aromatic nitrogens is 4. The number of nitrogens with zero attached hydrogens (tertiary/aromatic N) is 4. The maximum absolute atomic E-state index is 5.45. The van der Waals surface area contributed by atoms with Crippen LogP contribution in [0.3, 0.4) is 0 Å². The molecule has 0 amide bonds. The minimum Gasteiger partial charge on any atom is -0.325 e. The van der Waals surface area contributed by atoms with E-state index in [0.717, 1.165) is 11.4 Å². The molecule has 2 N–H and O–H groups in total. The van der Waals surface area contributed by atoms with E-state index in [1.807, 2.05) is 25.5 Å². The summed E-state index contributed by atoms with van der Waals surface area (Å²) in [5, 5.41) is 8.30. The first-order chi connectivity index (χ1) is 6.29. The second-order valence-electron chi connectivity index (χ2n) is 2.83. The Morgan fingerprint density at radius 3 is 2.92 bits per heavy atom. The summed E-state index contributed by atoms with van der Waals surface area (Å²) in [7, 11) is 1.87. The predicted molar refractivity (Wildman–Crippen MR) is 48.2 cm³/mol. The number of nitrogens with two attached hydrogens (primary N) is 1. The highest BCUT2D eigenvalue weighted by molar-refractivity contribution is 5.24. The third-order valence-electron chi connectivity index (χ3n) is 1.81. The van der Waals surface area contributed by atoms with Gasteiger partial charge in [0, 0.05) is 19.8 Å². The molecule has 2 aromatic rings. The number of aryl methyl sites for hydroxylation is 1. The highest BCUT2D eigenvalue weighted by atomic mass is 15.3. The average molecular weight is 177 g/mol. The van der Waals surface area contributed by atoms with E-state index in [9.17, 15) is 0 Å². The van der Waals surface area contributed by atoms with Crippen molar-refractivity contribution in [1.82, 2.24) is 19.6 Å². The predicted octanol–water partition coefficient (Wildman–Crippen LogP) is 0.0645. The van der Waals surface area contributed by atoms with E-state index in [1.165, 1.54) is 0 Å². The quantitative estimate of drug-likeness (QED) is 0.705. The average Bonchev–Trinajstić information content (AvgIpc) is 2.71. The fraction of sp³-hybridized carbons (Fsp3) is 0.250. The number of hydrogen-bond acceptors (Lipinski definition) is 3. The normalized spacial score (nSPS) is 10.6. The van der Waals surface area contributed by atoms with Gasteiger partial charge in [0.15, 0.2) is 0 Å². The molecule has 0 fully saturated rings. The number of hydrogen-bond donors (Lipinski definition) is 1. The van der Waals surface area contributed by atoms with Gasteiger partial charge in [-0.15, -0.1) is 0 Å². The van der Waals surface area contributed by atoms with Crippen LogP contribution in [-0.4, -0.2) is 19.6 Å². The summed E-state index contributed by atoms with van der Waals surface area (Å²) in [6, 6.07) is 1.90. The van der Waals surface area contributed by atoms with Crippen LogP contribution in [0.5, 0.6) is 0 Å². The van der Waals surface area contributed by atoms with E-state index < -0.39 is 0 Å². The lowest BCUT2D eigenvalue weighted by molar-refractivity contribution is 0.765. The van der Waals surface area contributed by atoms with Gasteiger partial charge in [-0.2, -0.15) is 10.2 Å². The van der Waals surface area contributed by atoms with Crippen molar-refractivity contribution >= 4 is 0 Å². The summed E-state index contributed by atoms with van der Waals surface area (Å²) in [4.78, 5) is 0. The van der Waals surface area contributed by atoms with Gasteiger partial charge in [-0.3, -0.25) is 4.68 Å². The number of rotatable bonds is 2. The minimum atomic E-state index is 0.466. The van der Waals surface area contributed by atoms with E-state index in [0.29, 0.717) is 6.54 Å². The molecule has 2 aromatic heterocycles. The van der Waals surface area contributed by atoms with Crippen LogP contribution < -0.4 is 5.73 Å². The van der Waals surface area contributed by atoms with Crippen molar-refractivity contribution in [2.45, 2.75) is 6.54 Å². The summed E-state index contributed by atoms with van der Waals surface area (Å²) >= 11 is 0. The molecule has 0 radical (unpaired) electrons. The Labute approximate surface area is 75.8 Å². The molecule has 0 aliphatic rings. The van der Waals surface area contributed by atoms with Crippen molar-refractivity contribution in [2.75, 3.05) is 0 Å². The Balaban J connectivity index is 2.35. The van der Waals surface area contributed by atoms with Crippen LogP contribution >= 0.6 is 0 Å². The SMILES string of the molecule is Cn1cc(-n2ccc(CN)n2)cn1. The highest BCUT2D eigenvalue weighted by Gasteiger charge is 2.00. The Kier molecular flexibility index (Phi) is 1.86. The Bertz CT molecular complexity index is 400. The van der Waals surface area contributed by atoms with Crippen molar-refractivity contribution in [3.63, 3.8) is 0 Å². The molecule has 0 unspecified atom stereocenters. The molecule has 2 heterocycles. The zero-order valence-corrected chi connectivity index (χ0v) is 7.38. The van der Waals surface area contributed by atoms with Gasteiger partial charge >= 0.3 is 0 Å². The minimum absolute atomic E-state index is 0.466. The van der Waals surface area contributed by atoms with Crippen LogP contribution in [-0.2, 0) is 13.6 Å². The smallest absolute Gasteiger partial charge is 0.102 e. The first kappa shape index (κ1) is 8.00. The lowest BCUT2D eigenvalue weighted by Crippen LogP contribution is -1.99. The van der Waals surface area contributed by atoms with Gasteiger partial charge < -0.3 is 5.73 Å². The lowest BCUT2D eigenvalue weighted by atomic mass is 10.4. The lowest BCUT2D eigenvalue weighted by Gasteiger charge is -1.93. The van der Waals surface area contributed by atoms with Crippen LogP contribution in [0.1, 0.15) is 5.69 Å². The zero-order valence-electron chi connectivity index (χ0n) is 7.38. The van der Waals surface area contributed by atoms with Gasteiger partial charge in [-0.25, -0.2) is 4.68 Å². The molecule has 0 aliphatic carbocycles. The van der Waals surface area contributed by atoms with Crippen LogP contribution in [0.4, 0.5) is 0 Å². The molecule has 0 aliphatic heterocycles. The maximum atomic E-state index is 5.45. The molecule has 2 rings (SSSR count). The largest absolute Gasteiger partial charge is 0.325 e. The molecular weight excluding hydrogens is 166 g/mol. The van der Waals surface area contributed by atoms with Crippen molar-refractivity contribution in [3.05, 3.63) is 30.4 Å². The van der Waals surface area contributed by atoms with Gasteiger partial charge in [0.05, 0.1) is 18.1 Å².